The zero-order valence-corrected chi connectivity index (χ0v) is 20.8. The summed E-state index contributed by atoms with van der Waals surface area (Å²) in [6.07, 6.45) is -3.62. The molecule has 204 valence electrons. The molecule has 0 aliphatic carbocycles. The first-order valence-corrected chi connectivity index (χ1v) is 12.1. The number of alkyl halides is 3. The standard InChI is InChI=1S/C20H28N6O3S.C2HF3O2/c1-12(27)26-11-5-8-15(26)18(29)24-14(7-4-10-23-20(21)22)17(28)19-25-13-6-2-3-9-16(13)30-19;3-2(4,5)1(6)7/h2-3,6,9,14-15,17,28H,4-5,7-8,10-11H2,1H3,(H,24,29)(H4,21,22,23);(H,6,7)/t14-,15-,17?;/m0./s1. The number of carbonyl (C=O) groups is 3. The van der Waals surface area contributed by atoms with Gasteiger partial charge >= 0.3 is 12.1 Å². The minimum absolute atomic E-state index is 0.117. The summed E-state index contributed by atoms with van der Waals surface area (Å²) in [5.74, 6) is -3.24. The van der Waals surface area contributed by atoms with Crippen LogP contribution in [-0.2, 0) is 14.4 Å². The molecule has 2 heterocycles. The average Bonchev–Trinajstić information content (AvgIpc) is 3.47. The molecule has 0 spiro atoms. The summed E-state index contributed by atoms with van der Waals surface area (Å²) in [6, 6.07) is 6.61. The Kier molecular flexibility index (Phi) is 10.6. The number of amides is 2. The topological polar surface area (TPSA) is 189 Å². The van der Waals surface area contributed by atoms with Gasteiger partial charge in [0.2, 0.25) is 11.8 Å². The number of hydrogen-bond acceptors (Lipinski definition) is 7. The van der Waals surface area contributed by atoms with Crippen molar-refractivity contribution in [3.05, 3.63) is 29.3 Å². The maximum Gasteiger partial charge on any atom is 0.430 e. The van der Waals surface area contributed by atoms with Crippen LogP contribution in [0.15, 0.2) is 24.3 Å². The number of aliphatic hydroxyl groups is 1. The predicted octanol–water partition coefficient (Wildman–Crippen LogP) is -1.74. The van der Waals surface area contributed by atoms with Crippen LogP contribution < -0.4 is 26.9 Å². The Morgan fingerprint density at radius 2 is 1.97 bits per heavy atom. The number of hydrogen-bond donors (Lipinski definition) is 5. The van der Waals surface area contributed by atoms with Crippen molar-refractivity contribution in [1.82, 2.24) is 15.2 Å². The number of rotatable bonds is 8. The summed E-state index contributed by atoms with van der Waals surface area (Å²) in [5.41, 5.74) is 11.7. The number of benzene rings is 1. The first-order valence-electron chi connectivity index (χ1n) is 11.3. The number of likely N-dealkylation sites (tertiary alicyclic amines) is 1. The Morgan fingerprint density at radius 1 is 1.32 bits per heavy atom. The van der Waals surface area contributed by atoms with Crippen molar-refractivity contribution < 1.29 is 42.8 Å². The smallest absolute Gasteiger partial charge is 0.430 e. The number of nitrogens with two attached hydrogens (primary N) is 2. The van der Waals surface area contributed by atoms with E-state index in [0.29, 0.717) is 37.4 Å². The van der Waals surface area contributed by atoms with E-state index in [0.717, 1.165) is 16.6 Å². The van der Waals surface area contributed by atoms with Crippen molar-refractivity contribution in [3.63, 3.8) is 0 Å². The van der Waals surface area contributed by atoms with Gasteiger partial charge in [0.25, 0.3) is 0 Å². The minimum atomic E-state index is -5.19. The van der Waals surface area contributed by atoms with Crippen LogP contribution in [0.25, 0.3) is 10.2 Å². The second kappa shape index (κ2) is 13.2. The van der Waals surface area contributed by atoms with E-state index >= 15 is 0 Å². The van der Waals surface area contributed by atoms with Crippen molar-refractivity contribution in [1.29, 1.82) is 0 Å². The highest BCUT2D eigenvalue weighted by Crippen LogP contribution is 2.29. The van der Waals surface area contributed by atoms with Gasteiger partial charge in [-0.2, -0.15) is 13.2 Å². The van der Waals surface area contributed by atoms with Gasteiger partial charge in [0.05, 0.1) is 22.8 Å². The van der Waals surface area contributed by atoms with Crippen LogP contribution in [0, 0.1) is 0 Å². The third-order valence-corrected chi connectivity index (χ3v) is 6.59. The van der Waals surface area contributed by atoms with Crippen molar-refractivity contribution in [2.24, 2.45) is 11.5 Å². The maximum atomic E-state index is 12.9. The molecule has 1 fully saturated rings. The lowest BCUT2D eigenvalue weighted by atomic mass is 10.0. The molecule has 3 atom stereocenters. The van der Waals surface area contributed by atoms with E-state index in [2.05, 4.69) is 15.3 Å². The predicted molar refractivity (Wildman–Crippen MR) is 126 cm³/mol. The number of guanidine groups is 1. The number of para-hydroxylation sites is 1. The molecule has 7 N–H and O–H groups in total. The monoisotopic (exact) mass is 546 g/mol. The lowest BCUT2D eigenvalue weighted by Crippen LogP contribution is -2.78. The highest BCUT2D eigenvalue weighted by Gasteiger charge is 2.35. The number of aliphatic carboxylic acids is 1. The molecule has 1 aromatic carbocycles. The Morgan fingerprint density at radius 3 is 2.54 bits per heavy atom. The van der Waals surface area contributed by atoms with Crippen LogP contribution in [0.1, 0.15) is 43.7 Å². The molecule has 1 aliphatic rings. The first kappa shape index (κ1) is 29.8. The molecule has 1 unspecified atom stereocenters. The fourth-order valence-electron chi connectivity index (χ4n) is 3.75. The van der Waals surface area contributed by atoms with Crippen molar-refractivity contribution in [3.8, 4) is 0 Å². The van der Waals surface area contributed by atoms with Crippen molar-refractivity contribution >= 4 is 45.3 Å². The van der Waals surface area contributed by atoms with Gasteiger partial charge < -0.3 is 25.2 Å². The number of halogens is 3. The van der Waals surface area contributed by atoms with E-state index in [9.17, 15) is 27.9 Å². The van der Waals surface area contributed by atoms with Gasteiger partial charge in [-0.05, 0) is 37.8 Å². The average molecular weight is 547 g/mol. The van der Waals surface area contributed by atoms with Crippen LogP contribution in [0.3, 0.4) is 0 Å². The summed E-state index contributed by atoms with van der Waals surface area (Å²) in [7, 11) is 0. The Hall–Kier alpha value is -3.46. The van der Waals surface area contributed by atoms with Gasteiger partial charge in [0, 0.05) is 13.5 Å². The molecular formula is C22H29F3N6O5S. The Labute approximate surface area is 214 Å². The fraction of sp³-hybridized carbons (Fsp3) is 0.500. The third kappa shape index (κ3) is 8.86. The highest BCUT2D eigenvalue weighted by atomic mass is 32.1. The zero-order chi connectivity index (χ0) is 27.8. The largest absolute Gasteiger partial charge is 0.542 e. The molecule has 1 saturated heterocycles. The molecule has 37 heavy (non-hydrogen) atoms. The van der Waals surface area contributed by atoms with Gasteiger partial charge in [-0.25, -0.2) is 4.98 Å². The minimum Gasteiger partial charge on any atom is -0.542 e. The summed E-state index contributed by atoms with van der Waals surface area (Å²) in [5, 5.41) is 23.3. The molecule has 2 aromatic rings. The zero-order valence-electron chi connectivity index (χ0n) is 20.0. The SMILES string of the molecule is CC(=O)N1CCC[C@H]1C(=O)N[C@@H](CCC[NH+]=C(N)N)C(O)c1nc2ccccc2s1.O=C([O-])C(F)(F)F. The molecule has 15 heteroatoms. The molecular weight excluding hydrogens is 517 g/mol. The van der Waals surface area contributed by atoms with Gasteiger partial charge in [0.1, 0.15) is 23.1 Å². The van der Waals surface area contributed by atoms with Crippen LogP contribution in [0.2, 0.25) is 0 Å². The molecule has 3 rings (SSSR count). The molecule has 0 bridgehead atoms. The third-order valence-electron chi connectivity index (χ3n) is 5.48. The number of nitrogens with one attached hydrogen (secondary N) is 2. The van der Waals surface area contributed by atoms with Gasteiger partial charge in [-0.1, -0.05) is 12.1 Å². The number of carboxylic acids is 1. The van der Waals surface area contributed by atoms with Gasteiger partial charge in [-0.15, -0.1) is 11.3 Å². The Balaban J connectivity index is 0.000000604. The molecule has 11 nitrogen and oxygen atoms in total. The molecule has 0 radical (unpaired) electrons. The summed E-state index contributed by atoms with van der Waals surface area (Å²) in [6.45, 7) is 2.57. The summed E-state index contributed by atoms with van der Waals surface area (Å²) in [4.78, 5) is 42.5. The molecule has 0 saturated carbocycles. The van der Waals surface area contributed by atoms with Crippen molar-refractivity contribution in [2.75, 3.05) is 13.1 Å². The number of aliphatic hydroxyl groups excluding tert-OH is 1. The second-order valence-electron chi connectivity index (χ2n) is 8.26. The van der Waals surface area contributed by atoms with Gasteiger partial charge in [-0.3, -0.25) is 26.0 Å². The number of fused-ring (bicyclic) bond motifs is 1. The highest BCUT2D eigenvalue weighted by molar-refractivity contribution is 7.18. The van der Waals surface area contributed by atoms with E-state index in [1.165, 1.54) is 18.3 Å². The lowest BCUT2D eigenvalue weighted by molar-refractivity contribution is -0.459. The second-order valence-corrected chi connectivity index (χ2v) is 9.32. The number of carbonyl (C=O) groups excluding carboxylic acids is 3. The van der Waals surface area contributed by atoms with E-state index in [4.69, 9.17) is 21.4 Å². The molecule has 2 amide bonds. The number of nitrogens with zero attached hydrogens (tertiary/aromatic N) is 2. The van der Waals surface area contributed by atoms with E-state index in [-0.39, 0.29) is 17.8 Å². The summed E-state index contributed by atoms with van der Waals surface area (Å²) >= 11 is 1.41. The van der Waals surface area contributed by atoms with Crippen LogP contribution >= 0.6 is 11.3 Å². The van der Waals surface area contributed by atoms with E-state index < -0.39 is 30.3 Å². The van der Waals surface area contributed by atoms with E-state index in [1.807, 2.05) is 24.3 Å². The van der Waals surface area contributed by atoms with Crippen LogP contribution in [0.5, 0.6) is 0 Å². The van der Waals surface area contributed by atoms with Crippen molar-refractivity contribution in [2.45, 2.75) is 57.0 Å². The fourth-order valence-corrected chi connectivity index (χ4v) is 4.77. The summed E-state index contributed by atoms with van der Waals surface area (Å²) < 4.78 is 32.5. The quantitative estimate of drug-likeness (QED) is 0.146. The number of carboxylic acid groups (broad SMARTS) is 1. The van der Waals surface area contributed by atoms with Crippen LogP contribution in [0.4, 0.5) is 13.2 Å². The normalized spacial score (nSPS) is 16.9. The van der Waals surface area contributed by atoms with Crippen LogP contribution in [-0.4, -0.2) is 70.1 Å². The molecule has 1 aliphatic heterocycles. The Bertz CT molecular complexity index is 1090. The van der Waals surface area contributed by atoms with E-state index in [1.54, 1.807) is 4.90 Å². The number of aromatic nitrogens is 1. The molecule has 1 aromatic heterocycles. The first-order chi connectivity index (χ1) is 17.3. The number of thiazole rings is 1. The van der Waals surface area contributed by atoms with Gasteiger partial charge in [0.15, 0.2) is 0 Å². The maximum absolute atomic E-state index is 12.9. The lowest BCUT2D eigenvalue weighted by Gasteiger charge is -2.27.